The van der Waals surface area contributed by atoms with Crippen LogP contribution in [0.15, 0.2) is 71.1 Å². The van der Waals surface area contributed by atoms with E-state index in [1.165, 1.54) is 6.07 Å². The van der Waals surface area contributed by atoms with Gasteiger partial charge in [0, 0.05) is 11.3 Å². The Labute approximate surface area is 167 Å². The normalized spacial score (nSPS) is 11.0. The highest BCUT2D eigenvalue weighted by Gasteiger charge is 2.14. The molecule has 6 heteroatoms. The van der Waals surface area contributed by atoms with E-state index >= 15 is 0 Å². The van der Waals surface area contributed by atoms with Crippen molar-refractivity contribution in [1.29, 1.82) is 0 Å². The van der Waals surface area contributed by atoms with Gasteiger partial charge < -0.3 is 19.6 Å². The van der Waals surface area contributed by atoms with Crippen molar-refractivity contribution >= 4 is 22.7 Å². The number of aromatic nitrogens is 1. The molecule has 0 aliphatic carbocycles. The van der Waals surface area contributed by atoms with Gasteiger partial charge in [-0.25, -0.2) is 4.98 Å². The van der Waals surface area contributed by atoms with Crippen molar-refractivity contribution in [3.05, 3.63) is 72.3 Å². The second-order valence-electron chi connectivity index (χ2n) is 6.86. The minimum Gasteiger partial charge on any atom is -0.507 e. The molecule has 0 spiro atoms. The Morgan fingerprint density at radius 2 is 1.83 bits per heavy atom. The molecule has 0 atom stereocenters. The molecule has 0 saturated carbocycles. The number of amides is 1. The number of oxazole rings is 1. The number of fused-ring (bicyclic) bond motifs is 1. The maximum atomic E-state index is 12.6. The molecule has 29 heavy (non-hydrogen) atoms. The van der Waals surface area contributed by atoms with E-state index in [4.69, 9.17) is 9.15 Å². The molecule has 6 nitrogen and oxygen atoms in total. The zero-order valence-electron chi connectivity index (χ0n) is 16.0. The number of ether oxygens (including phenoxy) is 1. The third kappa shape index (κ3) is 4.06. The molecule has 0 fully saturated rings. The van der Waals surface area contributed by atoms with E-state index in [0.717, 1.165) is 0 Å². The third-order valence-corrected chi connectivity index (χ3v) is 4.27. The van der Waals surface area contributed by atoms with Crippen molar-refractivity contribution in [2.24, 2.45) is 0 Å². The number of anilines is 1. The Hall–Kier alpha value is -3.80. The van der Waals surface area contributed by atoms with Gasteiger partial charge in [-0.3, -0.25) is 4.79 Å². The number of nitrogens with zero attached hydrogens (tertiary/aromatic N) is 1. The number of hydrogen-bond acceptors (Lipinski definition) is 5. The molecule has 0 saturated heterocycles. The van der Waals surface area contributed by atoms with Gasteiger partial charge in [-0.15, -0.1) is 0 Å². The predicted molar refractivity (Wildman–Crippen MR) is 111 cm³/mol. The monoisotopic (exact) mass is 388 g/mol. The molecule has 4 aromatic rings. The van der Waals surface area contributed by atoms with Crippen LogP contribution in [-0.4, -0.2) is 22.1 Å². The topological polar surface area (TPSA) is 84.6 Å². The summed E-state index contributed by atoms with van der Waals surface area (Å²) < 4.78 is 11.3. The first kappa shape index (κ1) is 18.6. The minimum absolute atomic E-state index is 0.0183. The van der Waals surface area contributed by atoms with Crippen molar-refractivity contribution < 1.29 is 19.1 Å². The fourth-order valence-electron chi connectivity index (χ4n) is 2.93. The van der Waals surface area contributed by atoms with E-state index in [1.807, 2.05) is 32.0 Å². The second-order valence-corrected chi connectivity index (χ2v) is 6.86. The Morgan fingerprint density at radius 1 is 1.07 bits per heavy atom. The van der Waals surface area contributed by atoms with Gasteiger partial charge in [0.15, 0.2) is 5.58 Å². The van der Waals surface area contributed by atoms with E-state index in [-0.39, 0.29) is 23.7 Å². The van der Waals surface area contributed by atoms with E-state index < -0.39 is 0 Å². The summed E-state index contributed by atoms with van der Waals surface area (Å²) in [4.78, 5) is 17.0. The van der Waals surface area contributed by atoms with Crippen LogP contribution in [0.3, 0.4) is 0 Å². The number of phenols is 1. The highest BCUT2D eigenvalue weighted by Crippen LogP contribution is 2.33. The SMILES string of the molecule is CC(C)Oc1ccc(C(=O)Nc2ccc(O)c(-c3nc4ccccc4o3)c2)cc1. The number of aromatic hydroxyl groups is 1. The van der Waals surface area contributed by atoms with Crippen LogP contribution < -0.4 is 10.1 Å². The molecule has 0 bridgehead atoms. The summed E-state index contributed by atoms with van der Waals surface area (Å²) >= 11 is 0. The van der Waals surface area contributed by atoms with Gasteiger partial charge in [0.25, 0.3) is 5.91 Å². The highest BCUT2D eigenvalue weighted by molar-refractivity contribution is 6.04. The quantitative estimate of drug-likeness (QED) is 0.457. The van der Waals surface area contributed by atoms with Crippen LogP contribution in [0, 0.1) is 0 Å². The van der Waals surface area contributed by atoms with Gasteiger partial charge in [0.05, 0.1) is 11.7 Å². The molecule has 1 amide bonds. The molecule has 4 rings (SSSR count). The molecular formula is C23H20N2O4. The Morgan fingerprint density at radius 3 is 2.55 bits per heavy atom. The van der Waals surface area contributed by atoms with Crippen LogP contribution in [0.2, 0.25) is 0 Å². The molecule has 1 aromatic heterocycles. The number of nitrogens with one attached hydrogen (secondary N) is 1. The fourth-order valence-corrected chi connectivity index (χ4v) is 2.93. The number of hydrogen-bond donors (Lipinski definition) is 2. The van der Waals surface area contributed by atoms with Gasteiger partial charge in [0.1, 0.15) is 17.0 Å². The number of carbonyl (C=O) groups excluding carboxylic acids is 1. The maximum Gasteiger partial charge on any atom is 0.255 e. The van der Waals surface area contributed by atoms with Crippen LogP contribution in [-0.2, 0) is 0 Å². The number of para-hydroxylation sites is 2. The standard InChI is InChI=1S/C23H20N2O4/c1-14(2)28-17-10-7-15(8-11-17)22(27)24-16-9-12-20(26)18(13-16)23-25-19-5-3-4-6-21(19)29-23/h3-14,26H,1-2H3,(H,24,27). The molecule has 2 N–H and O–H groups in total. The summed E-state index contributed by atoms with van der Waals surface area (Å²) in [7, 11) is 0. The van der Waals surface area contributed by atoms with Crippen molar-refractivity contribution in [1.82, 2.24) is 4.98 Å². The van der Waals surface area contributed by atoms with Crippen molar-refractivity contribution in [2.45, 2.75) is 20.0 Å². The Bertz CT molecular complexity index is 1130. The summed E-state index contributed by atoms with van der Waals surface area (Å²) in [5.74, 6) is 0.745. The van der Waals surface area contributed by atoms with E-state index in [1.54, 1.807) is 42.5 Å². The first-order valence-electron chi connectivity index (χ1n) is 9.26. The van der Waals surface area contributed by atoms with Gasteiger partial charge in [-0.05, 0) is 68.4 Å². The zero-order chi connectivity index (χ0) is 20.4. The number of carbonyl (C=O) groups is 1. The summed E-state index contributed by atoms with van der Waals surface area (Å²) in [5, 5.41) is 13.1. The lowest BCUT2D eigenvalue weighted by Gasteiger charge is -2.11. The average Bonchev–Trinajstić information content (AvgIpc) is 3.13. The summed E-state index contributed by atoms with van der Waals surface area (Å²) in [5.41, 5.74) is 2.74. The van der Waals surface area contributed by atoms with Crippen molar-refractivity contribution in [3.8, 4) is 23.0 Å². The lowest BCUT2D eigenvalue weighted by Crippen LogP contribution is -2.12. The molecule has 1 heterocycles. The molecule has 3 aromatic carbocycles. The zero-order valence-corrected chi connectivity index (χ0v) is 16.0. The Kier molecular flexibility index (Phi) is 4.91. The van der Waals surface area contributed by atoms with Crippen LogP contribution >= 0.6 is 0 Å². The Balaban J connectivity index is 1.56. The minimum atomic E-state index is -0.268. The molecule has 146 valence electrons. The number of phenolic OH excluding ortho intramolecular Hbond substituents is 1. The van der Waals surface area contributed by atoms with E-state index in [0.29, 0.717) is 33.7 Å². The van der Waals surface area contributed by atoms with Gasteiger partial charge in [-0.1, -0.05) is 12.1 Å². The average molecular weight is 388 g/mol. The summed E-state index contributed by atoms with van der Waals surface area (Å²) in [6, 6.07) is 19.0. The first-order valence-corrected chi connectivity index (χ1v) is 9.26. The van der Waals surface area contributed by atoms with Crippen LogP contribution in [0.1, 0.15) is 24.2 Å². The molecule has 0 aliphatic rings. The van der Waals surface area contributed by atoms with E-state index in [9.17, 15) is 9.90 Å². The molecule has 0 unspecified atom stereocenters. The lowest BCUT2D eigenvalue weighted by atomic mass is 10.1. The smallest absolute Gasteiger partial charge is 0.255 e. The molecule has 0 radical (unpaired) electrons. The third-order valence-electron chi connectivity index (χ3n) is 4.27. The summed E-state index contributed by atoms with van der Waals surface area (Å²) in [6.07, 6.45) is 0.0666. The van der Waals surface area contributed by atoms with Crippen LogP contribution in [0.4, 0.5) is 5.69 Å². The largest absolute Gasteiger partial charge is 0.507 e. The summed E-state index contributed by atoms with van der Waals surface area (Å²) in [6.45, 7) is 3.89. The number of benzene rings is 3. The molecule has 0 aliphatic heterocycles. The van der Waals surface area contributed by atoms with Crippen LogP contribution in [0.25, 0.3) is 22.6 Å². The number of rotatable bonds is 5. The highest BCUT2D eigenvalue weighted by atomic mass is 16.5. The molecular weight excluding hydrogens is 368 g/mol. The van der Waals surface area contributed by atoms with Crippen LogP contribution in [0.5, 0.6) is 11.5 Å². The van der Waals surface area contributed by atoms with E-state index in [2.05, 4.69) is 10.3 Å². The predicted octanol–water partition coefficient (Wildman–Crippen LogP) is 5.24. The first-order chi connectivity index (χ1) is 14.0. The lowest BCUT2D eigenvalue weighted by molar-refractivity contribution is 0.102. The van der Waals surface area contributed by atoms with Gasteiger partial charge in [-0.2, -0.15) is 0 Å². The van der Waals surface area contributed by atoms with Gasteiger partial charge >= 0.3 is 0 Å². The van der Waals surface area contributed by atoms with Crippen molar-refractivity contribution in [3.63, 3.8) is 0 Å². The van der Waals surface area contributed by atoms with Gasteiger partial charge in [0.2, 0.25) is 5.89 Å². The van der Waals surface area contributed by atoms with Crippen molar-refractivity contribution in [2.75, 3.05) is 5.32 Å². The fraction of sp³-hybridized carbons (Fsp3) is 0.130. The maximum absolute atomic E-state index is 12.6. The second kappa shape index (κ2) is 7.67.